The van der Waals surface area contributed by atoms with Gasteiger partial charge in [-0.05, 0) is 29.3 Å². The standard InChI is InChI=1S/C19H17N3O/c23-19(11-8-16-4-2-1-3-5-16)21-18-9-6-17(7-10-18)14-22-13-12-20-15-22/h1-13,15H,14H2,(H,21,23). The molecule has 0 bridgehead atoms. The van der Waals surface area contributed by atoms with Crippen molar-refractivity contribution < 1.29 is 4.79 Å². The van der Waals surface area contributed by atoms with Crippen molar-refractivity contribution in [3.8, 4) is 0 Å². The minimum Gasteiger partial charge on any atom is -0.333 e. The second kappa shape index (κ2) is 7.22. The summed E-state index contributed by atoms with van der Waals surface area (Å²) in [6, 6.07) is 17.5. The van der Waals surface area contributed by atoms with Gasteiger partial charge in [0.25, 0.3) is 0 Å². The van der Waals surface area contributed by atoms with Gasteiger partial charge in [0.1, 0.15) is 0 Å². The summed E-state index contributed by atoms with van der Waals surface area (Å²) in [7, 11) is 0. The Morgan fingerprint density at radius 2 is 1.87 bits per heavy atom. The zero-order chi connectivity index (χ0) is 15.9. The van der Waals surface area contributed by atoms with Gasteiger partial charge in [0.2, 0.25) is 5.91 Å². The summed E-state index contributed by atoms with van der Waals surface area (Å²) in [5.41, 5.74) is 2.93. The number of nitrogens with zero attached hydrogens (tertiary/aromatic N) is 2. The van der Waals surface area contributed by atoms with Crippen molar-refractivity contribution in [2.24, 2.45) is 0 Å². The molecule has 0 saturated heterocycles. The van der Waals surface area contributed by atoms with Crippen molar-refractivity contribution in [3.05, 3.63) is 90.5 Å². The fourth-order valence-corrected chi connectivity index (χ4v) is 2.20. The second-order valence-corrected chi connectivity index (χ2v) is 5.17. The number of benzene rings is 2. The van der Waals surface area contributed by atoms with E-state index >= 15 is 0 Å². The number of nitrogens with one attached hydrogen (secondary N) is 1. The predicted octanol–water partition coefficient (Wildman–Crippen LogP) is 3.58. The molecule has 3 aromatic rings. The smallest absolute Gasteiger partial charge is 0.248 e. The first-order valence-electron chi connectivity index (χ1n) is 7.38. The van der Waals surface area contributed by atoms with Crippen molar-refractivity contribution in [2.75, 3.05) is 5.32 Å². The summed E-state index contributed by atoms with van der Waals surface area (Å²) in [4.78, 5) is 15.9. The molecule has 0 unspecified atom stereocenters. The molecule has 0 aliphatic rings. The second-order valence-electron chi connectivity index (χ2n) is 5.17. The molecule has 1 aromatic heterocycles. The predicted molar refractivity (Wildman–Crippen MR) is 91.9 cm³/mol. The van der Waals surface area contributed by atoms with Gasteiger partial charge in [-0.1, -0.05) is 42.5 Å². The van der Waals surface area contributed by atoms with Gasteiger partial charge in [0, 0.05) is 30.7 Å². The summed E-state index contributed by atoms with van der Waals surface area (Å²) in [5, 5.41) is 2.85. The Balaban J connectivity index is 1.57. The topological polar surface area (TPSA) is 46.9 Å². The van der Waals surface area contributed by atoms with E-state index in [0.29, 0.717) is 0 Å². The minimum atomic E-state index is -0.142. The SMILES string of the molecule is O=C(C=Cc1ccccc1)Nc1ccc(Cn2ccnc2)cc1. The summed E-state index contributed by atoms with van der Waals surface area (Å²) < 4.78 is 2.00. The lowest BCUT2D eigenvalue weighted by Gasteiger charge is -2.05. The van der Waals surface area contributed by atoms with Crippen LogP contribution >= 0.6 is 0 Å². The number of anilines is 1. The van der Waals surface area contributed by atoms with Crippen molar-refractivity contribution in [1.82, 2.24) is 9.55 Å². The molecule has 0 atom stereocenters. The third-order valence-electron chi connectivity index (χ3n) is 3.37. The number of carbonyl (C=O) groups is 1. The molecule has 0 fully saturated rings. The van der Waals surface area contributed by atoms with Crippen LogP contribution in [0, 0.1) is 0 Å². The average molecular weight is 303 g/mol. The van der Waals surface area contributed by atoms with Crippen LogP contribution in [0.15, 0.2) is 79.4 Å². The van der Waals surface area contributed by atoms with Crippen LogP contribution in [0.2, 0.25) is 0 Å². The van der Waals surface area contributed by atoms with E-state index < -0.39 is 0 Å². The van der Waals surface area contributed by atoms with Gasteiger partial charge < -0.3 is 9.88 Å². The highest BCUT2D eigenvalue weighted by Gasteiger charge is 1.99. The lowest BCUT2D eigenvalue weighted by atomic mass is 10.2. The van der Waals surface area contributed by atoms with Gasteiger partial charge in [-0.25, -0.2) is 4.98 Å². The van der Waals surface area contributed by atoms with Crippen LogP contribution in [0.1, 0.15) is 11.1 Å². The number of hydrogen-bond acceptors (Lipinski definition) is 2. The Labute approximate surface area is 135 Å². The monoisotopic (exact) mass is 303 g/mol. The van der Waals surface area contributed by atoms with Crippen molar-refractivity contribution in [2.45, 2.75) is 6.54 Å². The largest absolute Gasteiger partial charge is 0.333 e. The fourth-order valence-electron chi connectivity index (χ4n) is 2.20. The number of aromatic nitrogens is 2. The average Bonchev–Trinajstić information content (AvgIpc) is 3.09. The number of carbonyl (C=O) groups excluding carboxylic acids is 1. The Hall–Kier alpha value is -3.14. The first-order valence-corrected chi connectivity index (χ1v) is 7.38. The molecular weight excluding hydrogens is 286 g/mol. The molecule has 0 saturated carbocycles. The van der Waals surface area contributed by atoms with Crippen molar-refractivity contribution >= 4 is 17.7 Å². The maximum absolute atomic E-state index is 11.9. The van der Waals surface area contributed by atoms with E-state index in [4.69, 9.17) is 0 Å². The molecular formula is C19H17N3O. The van der Waals surface area contributed by atoms with Crippen LogP contribution in [0.4, 0.5) is 5.69 Å². The molecule has 0 spiro atoms. The number of hydrogen-bond donors (Lipinski definition) is 1. The van der Waals surface area contributed by atoms with Gasteiger partial charge >= 0.3 is 0 Å². The molecule has 23 heavy (non-hydrogen) atoms. The van der Waals surface area contributed by atoms with Gasteiger partial charge in [0.15, 0.2) is 0 Å². The zero-order valence-corrected chi connectivity index (χ0v) is 12.6. The molecule has 0 aliphatic carbocycles. The molecule has 3 rings (SSSR count). The van der Waals surface area contributed by atoms with E-state index in [1.165, 1.54) is 6.08 Å². The number of imidazole rings is 1. The molecule has 1 N–H and O–H groups in total. The summed E-state index contributed by atoms with van der Waals surface area (Å²) in [6.07, 6.45) is 8.79. The van der Waals surface area contributed by atoms with Gasteiger partial charge in [-0.15, -0.1) is 0 Å². The molecule has 2 aromatic carbocycles. The summed E-state index contributed by atoms with van der Waals surface area (Å²) in [5.74, 6) is -0.142. The molecule has 1 heterocycles. The maximum Gasteiger partial charge on any atom is 0.248 e. The molecule has 0 radical (unpaired) electrons. The first-order chi connectivity index (χ1) is 11.3. The zero-order valence-electron chi connectivity index (χ0n) is 12.6. The Morgan fingerprint density at radius 1 is 1.09 bits per heavy atom. The van der Waals surface area contributed by atoms with Crippen LogP contribution in [-0.2, 0) is 11.3 Å². The third kappa shape index (κ3) is 4.41. The molecule has 1 amide bonds. The lowest BCUT2D eigenvalue weighted by molar-refractivity contribution is -0.111. The van der Waals surface area contributed by atoms with Crippen LogP contribution in [0.25, 0.3) is 6.08 Å². The van der Waals surface area contributed by atoms with Crippen molar-refractivity contribution in [3.63, 3.8) is 0 Å². The Kier molecular flexibility index (Phi) is 4.64. The lowest BCUT2D eigenvalue weighted by Crippen LogP contribution is -2.07. The quantitative estimate of drug-likeness (QED) is 0.732. The first kappa shape index (κ1) is 14.8. The molecule has 4 nitrogen and oxygen atoms in total. The Bertz CT molecular complexity index is 775. The van der Waals surface area contributed by atoms with Crippen LogP contribution < -0.4 is 5.32 Å². The minimum absolute atomic E-state index is 0.142. The fraction of sp³-hybridized carbons (Fsp3) is 0.0526. The number of amides is 1. The summed E-state index contributed by atoms with van der Waals surface area (Å²) >= 11 is 0. The normalized spacial score (nSPS) is 10.8. The third-order valence-corrected chi connectivity index (χ3v) is 3.37. The van der Waals surface area contributed by atoms with Crippen LogP contribution in [-0.4, -0.2) is 15.5 Å². The summed E-state index contributed by atoms with van der Waals surface area (Å²) in [6.45, 7) is 0.766. The maximum atomic E-state index is 11.9. The van der Waals surface area contributed by atoms with Gasteiger partial charge in [0.05, 0.1) is 6.33 Å². The molecule has 4 heteroatoms. The van der Waals surface area contributed by atoms with E-state index in [1.54, 1.807) is 18.6 Å². The van der Waals surface area contributed by atoms with E-state index in [1.807, 2.05) is 65.4 Å². The molecule has 0 aliphatic heterocycles. The highest BCUT2D eigenvalue weighted by atomic mass is 16.1. The number of rotatable bonds is 5. The van der Waals surface area contributed by atoms with E-state index in [2.05, 4.69) is 10.3 Å². The molecule has 114 valence electrons. The van der Waals surface area contributed by atoms with E-state index in [-0.39, 0.29) is 5.91 Å². The van der Waals surface area contributed by atoms with Gasteiger partial charge in [-0.3, -0.25) is 4.79 Å². The van der Waals surface area contributed by atoms with Gasteiger partial charge in [-0.2, -0.15) is 0 Å². The van der Waals surface area contributed by atoms with E-state index in [0.717, 1.165) is 23.4 Å². The van der Waals surface area contributed by atoms with Crippen LogP contribution in [0.5, 0.6) is 0 Å². The van der Waals surface area contributed by atoms with E-state index in [9.17, 15) is 4.79 Å². The van der Waals surface area contributed by atoms with Crippen molar-refractivity contribution in [1.29, 1.82) is 0 Å². The highest BCUT2D eigenvalue weighted by molar-refractivity contribution is 6.01. The highest BCUT2D eigenvalue weighted by Crippen LogP contribution is 2.11. The van der Waals surface area contributed by atoms with Crippen LogP contribution in [0.3, 0.4) is 0 Å². The Morgan fingerprint density at radius 3 is 2.57 bits per heavy atom.